The van der Waals surface area contributed by atoms with E-state index in [9.17, 15) is 0 Å². The number of nitrogens with zero attached hydrogens (tertiary/aromatic N) is 2. The van der Waals surface area contributed by atoms with Crippen LogP contribution >= 0.6 is 0 Å². The minimum Gasteiger partial charge on any atom is -0.444 e. The summed E-state index contributed by atoms with van der Waals surface area (Å²) in [5.74, 6) is 1.63. The molecular formula is C13H17N3O. The maximum Gasteiger partial charge on any atom is 0.208 e. The molecule has 0 saturated carbocycles. The van der Waals surface area contributed by atoms with Gasteiger partial charge >= 0.3 is 0 Å². The molecule has 2 aromatic heterocycles. The molecule has 0 spiro atoms. The maximum atomic E-state index is 5.49. The summed E-state index contributed by atoms with van der Waals surface area (Å²) in [6.45, 7) is 7.38. The lowest BCUT2D eigenvalue weighted by Crippen LogP contribution is -2.13. The molecule has 0 aliphatic heterocycles. The Bertz CT molecular complexity index is 486. The molecule has 0 radical (unpaired) electrons. The summed E-state index contributed by atoms with van der Waals surface area (Å²) in [5.41, 5.74) is 3.40. The zero-order chi connectivity index (χ0) is 12.3. The van der Waals surface area contributed by atoms with E-state index in [0.29, 0.717) is 6.54 Å². The van der Waals surface area contributed by atoms with Crippen molar-refractivity contribution >= 4 is 0 Å². The number of pyridine rings is 1. The van der Waals surface area contributed by atoms with Crippen LogP contribution in [0.3, 0.4) is 0 Å². The molecule has 0 atom stereocenters. The topological polar surface area (TPSA) is 51.0 Å². The summed E-state index contributed by atoms with van der Waals surface area (Å²) < 4.78 is 5.49. The first-order valence-corrected chi connectivity index (χ1v) is 5.70. The van der Waals surface area contributed by atoms with Crippen LogP contribution in [-0.2, 0) is 13.1 Å². The van der Waals surface area contributed by atoms with Crippen LogP contribution in [-0.4, -0.2) is 9.97 Å². The van der Waals surface area contributed by atoms with Gasteiger partial charge in [0.2, 0.25) is 5.89 Å². The molecule has 90 valence electrons. The number of nitrogens with one attached hydrogen (secondary N) is 1. The molecule has 2 rings (SSSR count). The van der Waals surface area contributed by atoms with E-state index in [0.717, 1.165) is 23.9 Å². The normalized spacial score (nSPS) is 10.8. The summed E-state index contributed by atoms with van der Waals surface area (Å²) in [4.78, 5) is 8.43. The third-order valence-corrected chi connectivity index (χ3v) is 2.81. The largest absolute Gasteiger partial charge is 0.444 e. The van der Waals surface area contributed by atoms with Gasteiger partial charge in [-0.2, -0.15) is 0 Å². The lowest BCUT2D eigenvalue weighted by atomic mass is 10.1. The third-order valence-electron chi connectivity index (χ3n) is 2.81. The van der Waals surface area contributed by atoms with Gasteiger partial charge in [-0.3, -0.25) is 4.98 Å². The Balaban J connectivity index is 1.90. The van der Waals surface area contributed by atoms with Gasteiger partial charge in [-0.05, 0) is 38.0 Å². The molecule has 0 unspecified atom stereocenters. The summed E-state index contributed by atoms with van der Waals surface area (Å²) in [7, 11) is 0. The third kappa shape index (κ3) is 2.91. The van der Waals surface area contributed by atoms with Crippen LogP contribution in [0.1, 0.15) is 28.5 Å². The van der Waals surface area contributed by atoms with Gasteiger partial charge in [-0.25, -0.2) is 4.98 Å². The molecule has 0 amide bonds. The van der Waals surface area contributed by atoms with Crippen molar-refractivity contribution in [1.82, 2.24) is 15.3 Å². The van der Waals surface area contributed by atoms with Crippen LogP contribution < -0.4 is 5.32 Å². The highest BCUT2D eigenvalue weighted by Crippen LogP contribution is 2.08. The Morgan fingerprint density at radius 1 is 1.24 bits per heavy atom. The van der Waals surface area contributed by atoms with Crippen molar-refractivity contribution in [2.45, 2.75) is 33.9 Å². The van der Waals surface area contributed by atoms with Crippen LogP contribution in [0.4, 0.5) is 0 Å². The molecule has 17 heavy (non-hydrogen) atoms. The molecule has 4 nitrogen and oxygen atoms in total. The Hall–Kier alpha value is -1.68. The van der Waals surface area contributed by atoms with Crippen molar-refractivity contribution in [3.8, 4) is 0 Å². The molecule has 2 heterocycles. The molecule has 0 saturated heterocycles. The van der Waals surface area contributed by atoms with Gasteiger partial charge in [-0.1, -0.05) is 0 Å². The average molecular weight is 231 g/mol. The van der Waals surface area contributed by atoms with Gasteiger partial charge in [0.1, 0.15) is 5.76 Å². The lowest BCUT2D eigenvalue weighted by Gasteiger charge is -2.04. The Kier molecular flexibility index (Phi) is 3.54. The quantitative estimate of drug-likeness (QED) is 0.877. The van der Waals surface area contributed by atoms with E-state index in [1.807, 2.05) is 26.1 Å². The number of aryl methyl sites for hydroxylation is 3. The van der Waals surface area contributed by atoms with Gasteiger partial charge in [0.05, 0.1) is 12.2 Å². The smallest absolute Gasteiger partial charge is 0.208 e. The second-order valence-electron chi connectivity index (χ2n) is 4.15. The fourth-order valence-electron chi connectivity index (χ4n) is 1.60. The number of oxazole rings is 1. The van der Waals surface area contributed by atoms with Crippen LogP contribution in [0.2, 0.25) is 0 Å². The number of hydrogen-bond donors (Lipinski definition) is 1. The number of hydrogen-bond acceptors (Lipinski definition) is 4. The fourth-order valence-corrected chi connectivity index (χ4v) is 1.60. The predicted molar refractivity (Wildman–Crippen MR) is 65.5 cm³/mol. The first-order valence-electron chi connectivity index (χ1n) is 5.70. The summed E-state index contributed by atoms with van der Waals surface area (Å²) in [5, 5.41) is 3.30. The van der Waals surface area contributed by atoms with E-state index >= 15 is 0 Å². The summed E-state index contributed by atoms with van der Waals surface area (Å²) in [6, 6.07) is 2.01. The van der Waals surface area contributed by atoms with E-state index in [4.69, 9.17) is 4.42 Å². The fraction of sp³-hybridized carbons (Fsp3) is 0.385. The SMILES string of the molecule is Cc1ccncc1CNCc1nc(C)c(C)o1. The highest BCUT2D eigenvalue weighted by molar-refractivity contribution is 5.21. The van der Waals surface area contributed by atoms with Crippen LogP contribution in [0.5, 0.6) is 0 Å². The first-order chi connectivity index (χ1) is 8.16. The highest BCUT2D eigenvalue weighted by atomic mass is 16.4. The minimum atomic E-state index is 0.642. The van der Waals surface area contributed by atoms with Crippen molar-refractivity contribution in [2.24, 2.45) is 0 Å². The van der Waals surface area contributed by atoms with Gasteiger partial charge in [-0.15, -0.1) is 0 Å². The molecule has 0 aromatic carbocycles. The van der Waals surface area contributed by atoms with E-state index in [2.05, 4.69) is 22.2 Å². The molecule has 0 aliphatic carbocycles. The second kappa shape index (κ2) is 5.10. The molecule has 1 N–H and O–H groups in total. The van der Waals surface area contributed by atoms with E-state index in [1.165, 1.54) is 11.1 Å². The lowest BCUT2D eigenvalue weighted by molar-refractivity contribution is 0.448. The second-order valence-corrected chi connectivity index (χ2v) is 4.15. The highest BCUT2D eigenvalue weighted by Gasteiger charge is 2.05. The first kappa shape index (κ1) is 11.8. The van der Waals surface area contributed by atoms with Crippen molar-refractivity contribution in [3.05, 3.63) is 46.9 Å². The monoisotopic (exact) mass is 231 g/mol. The van der Waals surface area contributed by atoms with Crippen molar-refractivity contribution < 1.29 is 4.42 Å². The predicted octanol–water partition coefficient (Wildman–Crippen LogP) is 2.28. The van der Waals surface area contributed by atoms with E-state index in [-0.39, 0.29) is 0 Å². The van der Waals surface area contributed by atoms with E-state index < -0.39 is 0 Å². The van der Waals surface area contributed by atoms with Gasteiger partial charge in [0, 0.05) is 18.9 Å². The zero-order valence-electron chi connectivity index (χ0n) is 10.4. The minimum absolute atomic E-state index is 0.642. The Morgan fingerprint density at radius 3 is 2.71 bits per heavy atom. The van der Waals surface area contributed by atoms with Gasteiger partial charge in [0.25, 0.3) is 0 Å². The van der Waals surface area contributed by atoms with Gasteiger partial charge < -0.3 is 9.73 Å². The molecule has 0 aliphatic rings. The zero-order valence-corrected chi connectivity index (χ0v) is 10.4. The van der Waals surface area contributed by atoms with Crippen LogP contribution in [0, 0.1) is 20.8 Å². The molecule has 4 heteroatoms. The number of rotatable bonds is 4. The van der Waals surface area contributed by atoms with E-state index in [1.54, 1.807) is 6.20 Å². The van der Waals surface area contributed by atoms with Crippen molar-refractivity contribution in [1.29, 1.82) is 0 Å². The van der Waals surface area contributed by atoms with Gasteiger partial charge in [0.15, 0.2) is 0 Å². The molecule has 2 aromatic rings. The average Bonchev–Trinajstić information content (AvgIpc) is 2.61. The Morgan fingerprint density at radius 2 is 2.06 bits per heavy atom. The Labute approximate surface area is 101 Å². The standard InChI is InChI=1S/C13H17N3O/c1-9-4-5-14-6-12(9)7-15-8-13-16-10(2)11(3)17-13/h4-6,15H,7-8H2,1-3H3. The maximum absolute atomic E-state index is 5.49. The molecule has 0 bridgehead atoms. The molecule has 0 fully saturated rings. The summed E-state index contributed by atoms with van der Waals surface area (Å²) >= 11 is 0. The molecular weight excluding hydrogens is 214 g/mol. The number of aromatic nitrogens is 2. The summed E-state index contributed by atoms with van der Waals surface area (Å²) in [6.07, 6.45) is 3.69. The van der Waals surface area contributed by atoms with Crippen LogP contribution in [0.15, 0.2) is 22.9 Å². The van der Waals surface area contributed by atoms with Crippen LogP contribution in [0.25, 0.3) is 0 Å². The van der Waals surface area contributed by atoms with Crippen molar-refractivity contribution in [3.63, 3.8) is 0 Å². The van der Waals surface area contributed by atoms with Crippen molar-refractivity contribution in [2.75, 3.05) is 0 Å².